The Morgan fingerprint density at radius 2 is 0.788 bits per heavy atom. The molecule has 0 aliphatic carbocycles. The molecule has 0 aliphatic rings. The number of benzene rings is 4. The summed E-state index contributed by atoms with van der Waals surface area (Å²) < 4.78 is 7.78. The summed E-state index contributed by atoms with van der Waals surface area (Å²) in [6, 6.07) is 35.2. The minimum atomic E-state index is 0. The topological polar surface area (TPSA) is 14.2 Å². The van der Waals surface area contributed by atoms with Crippen molar-refractivity contribution in [3.8, 4) is 0 Å². The number of para-hydroxylation sites is 2. The van der Waals surface area contributed by atoms with Gasteiger partial charge in [-0.2, -0.15) is 9.13 Å². The summed E-state index contributed by atoms with van der Waals surface area (Å²) in [5, 5.41) is 2.66. The van der Waals surface area contributed by atoms with Crippen molar-refractivity contribution in [1.82, 2.24) is 0 Å². The van der Waals surface area contributed by atoms with Gasteiger partial charge in [-0.1, -0.05) is 96.9 Å². The van der Waals surface area contributed by atoms with Crippen LogP contribution in [0.5, 0.6) is 0 Å². The molecule has 2 heterocycles. The molecule has 4 aromatic carbocycles. The molecule has 0 bridgehead atoms. The zero-order valence-corrected chi connectivity index (χ0v) is 36.9. The predicted octanol–water partition coefficient (Wildman–Crippen LogP) is 4.99. The van der Waals surface area contributed by atoms with E-state index in [0.29, 0.717) is 0 Å². The third kappa shape index (κ3) is 11.4. The van der Waals surface area contributed by atoms with Crippen molar-refractivity contribution in [3.05, 3.63) is 118 Å². The van der Waals surface area contributed by atoms with Gasteiger partial charge < -0.3 is 57.8 Å². The first-order chi connectivity index (χ1) is 24.5. The van der Waals surface area contributed by atoms with Gasteiger partial charge in [0, 0.05) is 76.7 Å². The Labute approximate surface area is 353 Å². The van der Waals surface area contributed by atoms with Gasteiger partial charge in [0.05, 0.1) is 0 Å². The molecule has 0 aliphatic heterocycles. The average Bonchev–Trinajstić information content (AvgIpc) is 3.68. The molecule has 0 N–H and O–H groups in total. The number of unbranched alkanes of at least 4 members (excludes halogenated alkanes) is 7. The van der Waals surface area contributed by atoms with Crippen LogP contribution in [0.2, 0.25) is 0 Å². The van der Waals surface area contributed by atoms with Crippen LogP contribution in [0.4, 0.5) is 11.4 Å². The molecule has 4 nitrogen and oxygen atoms in total. The van der Waals surface area contributed by atoms with E-state index in [2.05, 4.69) is 168 Å². The second kappa shape index (κ2) is 21.2. The normalized spacial score (nSPS) is 11.4. The van der Waals surface area contributed by atoms with Gasteiger partial charge in [0.2, 0.25) is 11.0 Å². The summed E-state index contributed by atoms with van der Waals surface area (Å²) in [5.41, 5.74) is 7.64. The number of nitrogens with zero attached hydrogens (tertiary/aromatic N) is 4. The Hall–Kier alpha value is -2.80. The van der Waals surface area contributed by atoms with Crippen molar-refractivity contribution < 1.29 is 57.1 Å². The van der Waals surface area contributed by atoms with E-state index >= 15 is 0 Å². The maximum atomic E-state index is 2.53. The number of anilines is 2. The second-order valence-corrected chi connectivity index (χ2v) is 15.7. The molecule has 0 fully saturated rings. The van der Waals surface area contributed by atoms with E-state index in [4.69, 9.17) is 0 Å². The number of halogens is 2. The first-order valence-corrected chi connectivity index (χ1v) is 19.8. The van der Waals surface area contributed by atoms with Gasteiger partial charge in [-0.05, 0) is 72.5 Å². The quantitative estimate of drug-likeness (QED) is 0.0728. The smallest absolute Gasteiger partial charge is 0.262 e. The molecular formula is C44H52I2N4S2. The monoisotopic (exact) mass is 954 g/mol. The number of hydrogen-bond acceptors (Lipinski definition) is 4. The Kier molecular flexibility index (Phi) is 17.1. The number of aromatic nitrogens is 2. The van der Waals surface area contributed by atoms with E-state index in [-0.39, 0.29) is 48.0 Å². The number of hydrogen-bond donors (Lipinski definition) is 0. The van der Waals surface area contributed by atoms with Gasteiger partial charge in [0.25, 0.3) is 10.0 Å². The van der Waals surface area contributed by atoms with Gasteiger partial charge in [-0.3, -0.25) is 0 Å². The van der Waals surface area contributed by atoms with Gasteiger partial charge >= 0.3 is 0 Å². The van der Waals surface area contributed by atoms with E-state index in [1.807, 2.05) is 22.7 Å². The molecule has 0 radical (unpaired) electrons. The summed E-state index contributed by atoms with van der Waals surface area (Å²) in [6.07, 6.45) is 19.4. The summed E-state index contributed by atoms with van der Waals surface area (Å²) in [6.45, 7) is 2.15. The van der Waals surface area contributed by atoms with E-state index in [0.717, 1.165) is 13.1 Å². The molecule has 0 amide bonds. The number of thiazole rings is 2. The highest BCUT2D eigenvalue weighted by molar-refractivity contribution is 7.19. The van der Waals surface area contributed by atoms with Crippen molar-refractivity contribution in [2.75, 3.05) is 38.0 Å². The van der Waals surface area contributed by atoms with Crippen LogP contribution in [0.3, 0.4) is 0 Å². The molecule has 0 saturated carbocycles. The largest absolute Gasteiger partial charge is 1.00 e. The zero-order chi connectivity index (χ0) is 34.7. The third-order valence-corrected chi connectivity index (χ3v) is 11.7. The van der Waals surface area contributed by atoms with Crippen molar-refractivity contribution in [2.45, 2.75) is 64.5 Å². The van der Waals surface area contributed by atoms with Gasteiger partial charge in [0.15, 0.2) is 13.1 Å². The van der Waals surface area contributed by atoms with Crippen molar-refractivity contribution in [2.24, 2.45) is 0 Å². The van der Waals surface area contributed by atoms with Crippen LogP contribution in [-0.4, -0.2) is 28.2 Å². The van der Waals surface area contributed by atoms with Crippen LogP contribution in [-0.2, 0) is 13.1 Å². The van der Waals surface area contributed by atoms with Crippen LogP contribution in [0.15, 0.2) is 97.1 Å². The standard InChI is InChI=1S/C44H52N4S2.2HI/c1-45(2)37-27-21-35(22-28-37)25-31-43-47(39-17-11-13-19-41(39)49-43)33-15-9-7-5-6-8-10-16-34-48-40-18-12-14-20-42(40)50-44(48)32-26-36-23-29-38(30-24-36)46(3)4;;/h11-14,17-32H,5-10,15-16,33-34H2,1-4H3;2*1H/q+2;;/p-2. The molecule has 0 saturated heterocycles. The molecule has 0 atom stereocenters. The minimum Gasteiger partial charge on any atom is -1.00 e. The van der Waals surface area contributed by atoms with Gasteiger partial charge in [0.1, 0.15) is 9.40 Å². The fraction of sp³-hybridized carbons (Fsp3) is 0.318. The van der Waals surface area contributed by atoms with Crippen molar-refractivity contribution >= 4 is 78.8 Å². The van der Waals surface area contributed by atoms with Crippen LogP contribution >= 0.6 is 22.7 Å². The molecule has 6 rings (SSSR count). The summed E-state index contributed by atoms with van der Waals surface area (Å²) in [7, 11) is 8.34. The van der Waals surface area contributed by atoms with Crippen LogP contribution in [0, 0.1) is 0 Å². The van der Waals surface area contributed by atoms with Crippen LogP contribution in [0.1, 0.15) is 72.5 Å². The van der Waals surface area contributed by atoms with Gasteiger partial charge in [-0.25, -0.2) is 0 Å². The molecular weight excluding hydrogens is 902 g/mol. The highest BCUT2D eigenvalue weighted by Crippen LogP contribution is 2.25. The number of fused-ring (bicyclic) bond motifs is 2. The molecule has 0 unspecified atom stereocenters. The fourth-order valence-corrected chi connectivity index (χ4v) is 8.70. The lowest BCUT2D eigenvalue weighted by Gasteiger charge is -2.11. The van der Waals surface area contributed by atoms with Crippen LogP contribution in [0.25, 0.3) is 44.7 Å². The summed E-state index contributed by atoms with van der Waals surface area (Å²) in [4.78, 5) is 4.28. The van der Waals surface area contributed by atoms with E-state index in [1.54, 1.807) is 0 Å². The lowest BCUT2D eigenvalue weighted by atomic mass is 10.1. The SMILES string of the molecule is CN(C)c1ccc(/C=C/c2sc3ccccc3[n+]2CCCCCCCCCC[n+]2c(/C=C/c3ccc(N(C)C)cc3)sc3ccccc32)cc1.[I-].[I-]. The average molecular weight is 955 g/mol. The summed E-state index contributed by atoms with van der Waals surface area (Å²) in [5.74, 6) is 0. The molecule has 8 heteroatoms. The van der Waals surface area contributed by atoms with E-state index in [1.165, 1.54) is 104 Å². The third-order valence-electron chi connectivity index (χ3n) is 9.44. The summed E-state index contributed by atoms with van der Waals surface area (Å²) >= 11 is 3.79. The predicted molar refractivity (Wildman–Crippen MR) is 220 cm³/mol. The molecule has 6 aromatic rings. The Bertz CT molecular complexity index is 1880. The van der Waals surface area contributed by atoms with E-state index < -0.39 is 0 Å². The lowest BCUT2D eigenvalue weighted by Crippen LogP contribution is -3.00. The molecule has 0 spiro atoms. The fourth-order valence-electron chi connectivity index (χ4n) is 6.52. The molecule has 2 aromatic heterocycles. The Morgan fingerprint density at radius 3 is 1.15 bits per heavy atom. The van der Waals surface area contributed by atoms with Crippen molar-refractivity contribution in [3.63, 3.8) is 0 Å². The number of rotatable bonds is 17. The lowest BCUT2D eigenvalue weighted by molar-refractivity contribution is -0.669. The maximum absolute atomic E-state index is 2.53. The highest BCUT2D eigenvalue weighted by atomic mass is 127. The second-order valence-electron chi connectivity index (χ2n) is 13.6. The Morgan fingerprint density at radius 1 is 0.442 bits per heavy atom. The molecule has 52 heavy (non-hydrogen) atoms. The Balaban J connectivity index is 0.00000302. The first kappa shape index (κ1) is 41.9. The first-order valence-electron chi connectivity index (χ1n) is 18.2. The molecule has 274 valence electrons. The highest BCUT2D eigenvalue weighted by Gasteiger charge is 2.19. The maximum Gasteiger partial charge on any atom is 0.262 e. The van der Waals surface area contributed by atoms with Crippen LogP contribution < -0.4 is 66.9 Å². The van der Waals surface area contributed by atoms with E-state index in [9.17, 15) is 0 Å². The minimum absolute atomic E-state index is 0. The van der Waals surface area contributed by atoms with Crippen molar-refractivity contribution in [1.29, 1.82) is 0 Å². The zero-order valence-electron chi connectivity index (χ0n) is 31.0. The number of aryl methyl sites for hydroxylation is 2. The van der Waals surface area contributed by atoms with Gasteiger partial charge in [-0.15, -0.1) is 0 Å².